The Morgan fingerprint density at radius 3 is 0.556 bits per heavy atom. The summed E-state index contributed by atoms with van der Waals surface area (Å²) < 4.78 is 0. The smallest absolute Gasteiger partial charge is 1.00 e. The van der Waals surface area contributed by atoms with E-state index in [4.69, 9.17) is 0 Å². The van der Waals surface area contributed by atoms with Crippen molar-refractivity contribution in [1.82, 2.24) is 29.9 Å². The van der Waals surface area contributed by atoms with Crippen LogP contribution in [0.5, 0.6) is 0 Å². The van der Waals surface area contributed by atoms with Crippen LogP contribution in [0.2, 0.25) is 0 Å². The molecular weight excluding hydrogens is 732 g/mol. The number of nitrogens with zero attached hydrogens (tertiary/aromatic N) is 6. The molecule has 0 radical (unpaired) electrons. The van der Waals surface area contributed by atoms with Gasteiger partial charge < -0.3 is 34.0 Å². The maximum absolute atomic E-state index is 4.35. The van der Waals surface area contributed by atoms with Gasteiger partial charge in [-0.05, 0) is 36.4 Å². The van der Waals surface area contributed by atoms with E-state index in [1.165, 1.54) is 0 Å². The predicted molar refractivity (Wildman–Crippen MR) is 171 cm³/mol. The molecule has 6 aromatic heterocycles. The minimum Gasteiger partial charge on any atom is -1.00 e. The molecule has 0 saturated heterocycles. The average molecular weight is 756 g/mol. The number of aromatic nitrogens is 6. The first-order chi connectivity index (χ1) is 20.8. The fourth-order valence-electron chi connectivity index (χ4n) is 5.04. The van der Waals surface area contributed by atoms with Crippen molar-refractivity contribution in [2.75, 3.05) is 0 Å². The van der Waals surface area contributed by atoms with E-state index in [0.717, 1.165) is 65.4 Å². The Morgan fingerprint density at radius 2 is 0.400 bits per heavy atom. The number of halogens is 2. The van der Waals surface area contributed by atoms with Crippen LogP contribution in [0, 0.1) is 0 Å². The third kappa shape index (κ3) is 7.13. The zero-order chi connectivity index (χ0) is 28.1. The molecule has 6 nitrogen and oxygen atoms in total. The predicted octanol–water partition coefficient (Wildman–Crippen LogP) is 2.35. The van der Waals surface area contributed by atoms with Crippen molar-refractivity contribution >= 4 is 65.4 Å². The second kappa shape index (κ2) is 15.5. The molecule has 0 saturated carbocycles. The first-order valence-electron chi connectivity index (χ1n) is 13.6. The van der Waals surface area contributed by atoms with Crippen LogP contribution in [0.15, 0.2) is 146 Å². The minimum atomic E-state index is 0. The molecule has 45 heavy (non-hydrogen) atoms. The molecule has 0 aliphatic rings. The van der Waals surface area contributed by atoms with Gasteiger partial charge in [0.2, 0.25) is 0 Å². The summed E-state index contributed by atoms with van der Waals surface area (Å²) >= 11 is 0. The summed E-state index contributed by atoms with van der Waals surface area (Å²) in [6.45, 7) is 0. The Bertz CT molecular complexity index is 1920. The van der Waals surface area contributed by atoms with Gasteiger partial charge in [-0.15, -0.1) is 0 Å². The fourth-order valence-corrected chi connectivity index (χ4v) is 5.04. The van der Waals surface area contributed by atoms with Gasteiger partial charge in [0.1, 0.15) is 0 Å². The van der Waals surface area contributed by atoms with Crippen molar-refractivity contribution in [2.45, 2.75) is 0 Å². The maximum atomic E-state index is 4.35. The van der Waals surface area contributed by atoms with Crippen LogP contribution in [0.4, 0.5) is 0 Å². The van der Waals surface area contributed by atoms with E-state index in [-0.39, 0.29) is 51.0 Å². The van der Waals surface area contributed by atoms with Gasteiger partial charge in [0, 0.05) is 69.5 Å². The van der Waals surface area contributed by atoms with Gasteiger partial charge in [-0.2, -0.15) is 0 Å². The Hall–Kier alpha value is -4.40. The molecule has 0 bridgehead atoms. The number of rotatable bonds is 0. The Kier molecular flexibility index (Phi) is 11.6. The van der Waals surface area contributed by atoms with E-state index >= 15 is 0 Å². The van der Waals surface area contributed by atoms with Crippen molar-refractivity contribution in [2.24, 2.45) is 0 Å². The minimum absolute atomic E-state index is 0. The third-order valence-electron chi connectivity index (χ3n) is 7.03. The van der Waals surface area contributed by atoms with Crippen LogP contribution in [0.3, 0.4) is 0 Å². The molecule has 220 valence electrons. The van der Waals surface area contributed by atoms with E-state index in [1.54, 1.807) is 37.2 Å². The van der Waals surface area contributed by atoms with Crippen LogP contribution >= 0.6 is 0 Å². The average Bonchev–Trinajstić information content (AvgIpc) is 3.09. The Morgan fingerprint density at radius 1 is 0.244 bits per heavy atom. The topological polar surface area (TPSA) is 77.3 Å². The van der Waals surface area contributed by atoms with Crippen LogP contribution in [-0.2, 0) is 17.1 Å². The molecular formula is C36H24Br2FeN6. The van der Waals surface area contributed by atoms with Gasteiger partial charge in [0.25, 0.3) is 0 Å². The largest absolute Gasteiger partial charge is 2.00 e. The van der Waals surface area contributed by atoms with Gasteiger partial charge in [-0.1, -0.05) is 72.8 Å². The quantitative estimate of drug-likeness (QED) is 0.175. The van der Waals surface area contributed by atoms with E-state index in [2.05, 4.69) is 103 Å². The fraction of sp³-hybridized carbons (Fsp3) is 0. The van der Waals surface area contributed by atoms with E-state index in [1.807, 2.05) is 36.4 Å². The molecule has 0 unspecified atom stereocenters. The molecule has 0 aliphatic heterocycles. The molecule has 9 aromatic rings. The van der Waals surface area contributed by atoms with E-state index in [9.17, 15) is 0 Å². The summed E-state index contributed by atoms with van der Waals surface area (Å²) in [4.78, 5) is 26.1. The van der Waals surface area contributed by atoms with Crippen molar-refractivity contribution in [3.05, 3.63) is 146 Å². The number of fused-ring (bicyclic) bond motifs is 9. The Labute approximate surface area is 291 Å². The van der Waals surface area contributed by atoms with E-state index in [0.29, 0.717) is 0 Å². The first kappa shape index (κ1) is 33.5. The van der Waals surface area contributed by atoms with Crippen LogP contribution < -0.4 is 34.0 Å². The molecule has 3 aromatic carbocycles. The molecule has 0 fully saturated rings. The molecule has 0 spiro atoms. The van der Waals surface area contributed by atoms with Gasteiger partial charge >= 0.3 is 17.1 Å². The van der Waals surface area contributed by atoms with Crippen LogP contribution in [0.25, 0.3) is 65.4 Å². The molecule has 0 aliphatic carbocycles. The van der Waals surface area contributed by atoms with Gasteiger partial charge in [-0.25, -0.2) is 0 Å². The maximum Gasteiger partial charge on any atom is 2.00 e. The normalized spacial score (nSPS) is 10.1. The SMILES string of the molecule is [Br-].[Br-].[Fe+2].c1cnc2c(c1)ccc1cccnc12.c1cnc2c(c1)ccc1cccnc12.c1cnc2c(c1)ccc1cccnc12. The summed E-state index contributed by atoms with van der Waals surface area (Å²) in [6.07, 6.45) is 10.8. The van der Waals surface area contributed by atoms with Gasteiger partial charge in [0.05, 0.1) is 33.1 Å². The summed E-state index contributed by atoms with van der Waals surface area (Å²) in [6, 6.07) is 36.4. The number of hydrogen-bond donors (Lipinski definition) is 0. The number of hydrogen-bond acceptors (Lipinski definition) is 6. The summed E-state index contributed by atoms with van der Waals surface area (Å²) in [5.41, 5.74) is 5.86. The molecule has 0 atom stereocenters. The second-order valence-corrected chi connectivity index (χ2v) is 9.65. The molecule has 0 amide bonds. The third-order valence-corrected chi connectivity index (χ3v) is 7.03. The molecule has 9 heteroatoms. The van der Waals surface area contributed by atoms with Crippen molar-refractivity contribution in [3.8, 4) is 0 Å². The van der Waals surface area contributed by atoms with Crippen molar-refractivity contribution in [3.63, 3.8) is 0 Å². The van der Waals surface area contributed by atoms with Gasteiger partial charge in [0.15, 0.2) is 0 Å². The first-order valence-corrected chi connectivity index (χ1v) is 13.6. The van der Waals surface area contributed by atoms with Crippen molar-refractivity contribution < 1.29 is 51.0 Å². The molecule has 0 N–H and O–H groups in total. The zero-order valence-electron chi connectivity index (χ0n) is 23.6. The number of benzene rings is 3. The van der Waals surface area contributed by atoms with E-state index < -0.39 is 0 Å². The second-order valence-electron chi connectivity index (χ2n) is 9.65. The van der Waals surface area contributed by atoms with Gasteiger partial charge in [-0.3, -0.25) is 29.9 Å². The summed E-state index contributed by atoms with van der Waals surface area (Å²) in [5, 5.41) is 6.83. The molecule has 6 heterocycles. The zero-order valence-corrected chi connectivity index (χ0v) is 27.9. The van der Waals surface area contributed by atoms with Crippen molar-refractivity contribution in [1.29, 1.82) is 0 Å². The van der Waals surface area contributed by atoms with Crippen LogP contribution in [0.1, 0.15) is 0 Å². The Balaban J connectivity index is 0.000000149. The summed E-state index contributed by atoms with van der Waals surface area (Å²) in [5.74, 6) is 0. The number of pyridine rings is 6. The monoisotopic (exact) mass is 754 g/mol. The summed E-state index contributed by atoms with van der Waals surface area (Å²) in [7, 11) is 0. The molecule has 9 rings (SSSR count). The standard InChI is InChI=1S/3C12H8N2.2BrH.Fe/c3*1-3-9-5-6-10-4-2-8-14-12(10)11(9)13-7-1;;;/h3*1-8H;2*1H;/q;;;;;+2/p-2. The van der Waals surface area contributed by atoms with Crippen LogP contribution in [-0.4, -0.2) is 29.9 Å².